The Labute approximate surface area is 166 Å². The summed E-state index contributed by atoms with van der Waals surface area (Å²) in [5.41, 5.74) is 3.49. The quantitative estimate of drug-likeness (QED) is 0.296. The van der Waals surface area contributed by atoms with E-state index in [2.05, 4.69) is 10.5 Å². The lowest BCUT2D eigenvalue weighted by molar-refractivity contribution is 0.0734. The second kappa shape index (κ2) is 8.83. The molecule has 6 nitrogen and oxygen atoms in total. The Hall–Kier alpha value is -3.64. The van der Waals surface area contributed by atoms with E-state index in [0.717, 1.165) is 0 Å². The van der Waals surface area contributed by atoms with E-state index in [-0.39, 0.29) is 11.3 Å². The Bertz CT molecular complexity index is 1030. The van der Waals surface area contributed by atoms with Crippen molar-refractivity contribution in [2.75, 3.05) is 0 Å². The van der Waals surface area contributed by atoms with Crippen molar-refractivity contribution in [1.82, 2.24) is 5.43 Å². The minimum absolute atomic E-state index is 0.124. The van der Waals surface area contributed by atoms with Gasteiger partial charge in [0.2, 0.25) is 0 Å². The molecule has 0 unspecified atom stereocenters. The van der Waals surface area contributed by atoms with Crippen LogP contribution in [0.4, 0.5) is 0 Å². The Kier molecular flexibility index (Phi) is 6.04. The number of carbonyl (C=O) groups excluding carboxylic acids is 2. The summed E-state index contributed by atoms with van der Waals surface area (Å²) in [7, 11) is 0. The molecule has 140 valence electrons. The van der Waals surface area contributed by atoms with Crippen molar-refractivity contribution in [3.63, 3.8) is 0 Å². The van der Waals surface area contributed by atoms with Crippen LogP contribution >= 0.6 is 11.6 Å². The number of para-hydroxylation sites is 1. The Morgan fingerprint density at radius 3 is 2.46 bits per heavy atom. The molecular weight excluding hydrogens is 380 g/mol. The fourth-order valence-corrected chi connectivity index (χ4v) is 2.48. The van der Waals surface area contributed by atoms with Gasteiger partial charge >= 0.3 is 5.97 Å². The third-order valence-electron chi connectivity index (χ3n) is 3.68. The van der Waals surface area contributed by atoms with Crippen molar-refractivity contribution in [2.45, 2.75) is 0 Å². The van der Waals surface area contributed by atoms with Gasteiger partial charge in [0.15, 0.2) is 0 Å². The first-order valence-corrected chi connectivity index (χ1v) is 8.60. The van der Waals surface area contributed by atoms with E-state index in [1.54, 1.807) is 54.6 Å². The fourth-order valence-electron chi connectivity index (χ4n) is 2.29. The van der Waals surface area contributed by atoms with Crippen LogP contribution in [0.2, 0.25) is 5.02 Å². The van der Waals surface area contributed by atoms with Crippen LogP contribution in [0.15, 0.2) is 77.9 Å². The predicted octanol–water partition coefficient (Wildman–Crippen LogP) is 4.03. The number of nitrogens with zero attached hydrogens (tertiary/aromatic N) is 1. The summed E-state index contributed by atoms with van der Waals surface area (Å²) in [5, 5.41) is 13.9. The number of ether oxygens (including phenoxy) is 1. The summed E-state index contributed by atoms with van der Waals surface area (Å²) in [5.74, 6) is -0.804. The topological polar surface area (TPSA) is 88.0 Å². The van der Waals surface area contributed by atoms with E-state index in [0.29, 0.717) is 21.9 Å². The molecule has 1 amide bonds. The lowest BCUT2D eigenvalue weighted by atomic mass is 10.2. The molecule has 0 radical (unpaired) electrons. The Balaban J connectivity index is 1.58. The molecule has 0 aromatic heterocycles. The van der Waals surface area contributed by atoms with E-state index in [1.165, 1.54) is 24.4 Å². The molecule has 0 bridgehead atoms. The third kappa shape index (κ3) is 4.96. The van der Waals surface area contributed by atoms with Crippen molar-refractivity contribution >= 4 is 29.7 Å². The number of rotatable bonds is 5. The lowest BCUT2D eigenvalue weighted by Gasteiger charge is -2.05. The van der Waals surface area contributed by atoms with Crippen molar-refractivity contribution in [1.29, 1.82) is 0 Å². The minimum atomic E-state index is -0.526. The van der Waals surface area contributed by atoms with Crippen molar-refractivity contribution in [3.05, 3.63) is 94.5 Å². The van der Waals surface area contributed by atoms with Crippen molar-refractivity contribution < 1.29 is 19.4 Å². The molecule has 0 aliphatic rings. The van der Waals surface area contributed by atoms with Crippen LogP contribution in [0.25, 0.3) is 0 Å². The molecule has 0 heterocycles. The molecule has 7 heteroatoms. The summed E-state index contributed by atoms with van der Waals surface area (Å²) < 4.78 is 5.28. The van der Waals surface area contributed by atoms with Crippen LogP contribution in [-0.2, 0) is 0 Å². The number of benzene rings is 3. The molecule has 0 atom stereocenters. The largest absolute Gasteiger partial charge is 0.507 e. The first-order chi connectivity index (χ1) is 13.5. The van der Waals surface area contributed by atoms with E-state index < -0.39 is 11.9 Å². The number of phenols is 1. The second-order valence-corrected chi connectivity index (χ2v) is 6.12. The molecule has 0 spiro atoms. The maximum absolute atomic E-state index is 12.1. The van der Waals surface area contributed by atoms with Gasteiger partial charge in [0.05, 0.1) is 17.3 Å². The molecule has 0 aliphatic heterocycles. The molecule has 3 rings (SSSR count). The van der Waals surface area contributed by atoms with Gasteiger partial charge in [-0.15, -0.1) is 0 Å². The second-order valence-electron chi connectivity index (χ2n) is 5.69. The average Bonchev–Trinajstić information content (AvgIpc) is 2.69. The van der Waals surface area contributed by atoms with Crippen molar-refractivity contribution in [3.8, 4) is 11.5 Å². The molecule has 0 saturated carbocycles. The summed E-state index contributed by atoms with van der Waals surface area (Å²) in [6.45, 7) is 0. The fraction of sp³-hybridized carbons (Fsp3) is 0. The Morgan fingerprint density at radius 2 is 1.75 bits per heavy atom. The highest BCUT2D eigenvalue weighted by atomic mass is 35.5. The zero-order chi connectivity index (χ0) is 19.9. The highest BCUT2D eigenvalue weighted by molar-refractivity contribution is 6.30. The number of hydrogen-bond acceptors (Lipinski definition) is 5. The highest BCUT2D eigenvalue weighted by Gasteiger charge is 2.10. The van der Waals surface area contributed by atoms with Gasteiger partial charge in [-0.05, 0) is 60.2 Å². The first-order valence-electron chi connectivity index (χ1n) is 8.22. The summed E-state index contributed by atoms with van der Waals surface area (Å²) in [6, 6.07) is 19.2. The van der Waals surface area contributed by atoms with Gasteiger partial charge in [-0.3, -0.25) is 4.79 Å². The van der Waals surface area contributed by atoms with Gasteiger partial charge in [0, 0.05) is 5.02 Å². The number of esters is 1. The lowest BCUT2D eigenvalue weighted by Crippen LogP contribution is -2.17. The van der Waals surface area contributed by atoms with E-state index in [9.17, 15) is 14.7 Å². The Morgan fingerprint density at radius 1 is 1.00 bits per heavy atom. The van der Waals surface area contributed by atoms with Crippen LogP contribution in [0, 0.1) is 0 Å². The number of halogens is 1. The normalized spacial score (nSPS) is 10.6. The maximum Gasteiger partial charge on any atom is 0.343 e. The van der Waals surface area contributed by atoms with Gasteiger partial charge in [-0.25, -0.2) is 10.2 Å². The molecule has 3 aromatic carbocycles. The first kappa shape index (κ1) is 19.1. The van der Waals surface area contributed by atoms with Gasteiger partial charge in [-0.1, -0.05) is 29.8 Å². The average molecular weight is 395 g/mol. The van der Waals surface area contributed by atoms with Crippen LogP contribution in [-0.4, -0.2) is 23.2 Å². The van der Waals surface area contributed by atoms with Gasteiger partial charge in [-0.2, -0.15) is 5.10 Å². The molecule has 0 fully saturated rings. The standard InChI is InChI=1S/C21H15ClN2O4/c22-16-5-3-4-15(12-16)21(27)28-17-10-8-14(9-11-17)13-23-24-20(26)18-6-1-2-7-19(18)25/h1-13,25H,(H,24,26)/b23-13+. The minimum Gasteiger partial charge on any atom is -0.507 e. The zero-order valence-corrected chi connectivity index (χ0v) is 15.3. The van der Waals surface area contributed by atoms with Crippen LogP contribution in [0.1, 0.15) is 26.3 Å². The van der Waals surface area contributed by atoms with Gasteiger partial charge in [0.25, 0.3) is 5.91 Å². The molecule has 3 aromatic rings. The van der Waals surface area contributed by atoms with Crippen LogP contribution in [0.3, 0.4) is 0 Å². The van der Waals surface area contributed by atoms with Crippen molar-refractivity contribution in [2.24, 2.45) is 5.10 Å². The number of hydrazone groups is 1. The summed E-state index contributed by atoms with van der Waals surface area (Å²) in [4.78, 5) is 24.0. The summed E-state index contributed by atoms with van der Waals surface area (Å²) >= 11 is 5.87. The molecule has 28 heavy (non-hydrogen) atoms. The zero-order valence-electron chi connectivity index (χ0n) is 14.5. The number of hydrogen-bond donors (Lipinski definition) is 2. The van der Waals surface area contributed by atoms with Crippen LogP contribution < -0.4 is 10.2 Å². The van der Waals surface area contributed by atoms with Crippen LogP contribution in [0.5, 0.6) is 11.5 Å². The monoisotopic (exact) mass is 394 g/mol. The van der Waals surface area contributed by atoms with E-state index in [4.69, 9.17) is 16.3 Å². The van der Waals surface area contributed by atoms with Gasteiger partial charge < -0.3 is 9.84 Å². The smallest absolute Gasteiger partial charge is 0.343 e. The summed E-state index contributed by atoms with van der Waals surface area (Å²) in [6.07, 6.45) is 1.43. The highest BCUT2D eigenvalue weighted by Crippen LogP contribution is 2.17. The van der Waals surface area contributed by atoms with Gasteiger partial charge in [0.1, 0.15) is 11.5 Å². The molecule has 2 N–H and O–H groups in total. The number of carbonyl (C=O) groups is 2. The number of aromatic hydroxyl groups is 1. The molecule has 0 aliphatic carbocycles. The maximum atomic E-state index is 12.1. The van der Waals surface area contributed by atoms with E-state index in [1.807, 2.05) is 0 Å². The number of phenolic OH excluding ortho intramolecular Hbond substituents is 1. The third-order valence-corrected chi connectivity index (χ3v) is 3.91. The van der Waals surface area contributed by atoms with E-state index >= 15 is 0 Å². The number of amides is 1. The molecular formula is C21H15ClN2O4. The predicted molar refractivity (Wildman–Crippen MR) is 106 cm³/mol. The molecule has 0 saturated heterocycles. The number of nitrogens with one attached hydrogen (secondary N) is 1. The SMILES string of the molecule is O=C(Oc1ccc(/C=N/NC(=O)c2ccccc2O)cc1)c1cccc(Cl)c1.